The van der Waals surface area contributed by atoms with Gasteiger partial charge in [0, 0.05) is 10.0 Å². The third-order valence-corrected chi connectivity index (χ3v) is 3.91. The molecular formula is C17H20BrNO5. The van der Waals surface area contributed by atoms with Gasteiger partial charge in [0.2, 0.25) is 0 Å². The Kier molecular flexibility index (Phi) is 5.32. The SMILES string of the molecule is CC(C)(C)OC(=O)NC1(C(=O)OCC(=O)c2ccc(Br)cc2)CC1. The van der Waals surface area contributed by atoms with E-state index in [1.54, 1.807) is 45.0 Å². The Hall–Kier alpha value is -1.89. The van der Waals surface area contributed by atoms with Crippen molar-refractivity contribution >= 4 is 33.8 Å². The molecule has 1 aromatic carbocycles. The van der Waals surface area contributed by atoms with Crippen LogP contribution in [0.1, 0.15) is 44.0 Å². The van der Waals surface area contributed by atoms with Crippen molar-refractivity contribution in [2.45, 2.75) is 44.8 Å². The summed E-state index contributed by atoms with van der Waals surface area (Å²) >= 11 is 3.29. The molecule has 0 saturated heterocycles. The largest absolute Gasteiger partial charge is 0.456 e. The van der Waals surface area contributed by atoms with E-state index >= 15 is 0 Å². The third kappa shape index (κ3) is 5.06. The van der Waals surface area contributed by atoms with E-state index in [1.165, 1.54) is 0 Å². The Morgan fingerprint density at radius 1 is 1.17 bits per heavy atom. The second kappa shape index (κ2) is 6.93. The second-order valence-electron chi connectivity index (χ2n) is 6.72. The van der Waals surface area contributed by atoms with Crippen molar-refractivity contribution in [1.82, 2.24) is 5.32 Å². The van der Waals surface area contributed by atoms with Gasteiger partial charge in [0.25, 0.3) is 0 Å². The first-order valence-corrected chi connectivity index (χ1v) is 8.38. The fraction of sp³-hybridized carbons (Fsp3) is 0.471. The normalized spacial score (nSPS) is 15.3. The highest BCUT2D eigenvalue weighted by molar-refractivity contribution is 9.10. The third-order valence-electron chi connectivity index (χ3n) is 3.38. The molecule has 0 bridgehead atoms. The maximum absolute atomic E-state index is 12.2. The number of hydrogen-bond donors (Lipinski definition) is 1. The first-order chi connectivity index (χ1) is 11.1. The smallest absolute Gasteiger partial charge is 0.408 e. The maximum Gasteiger partial charge on any atom is 0.408 e. The number of hydrogen-bond acceptors (Lipinski definition) is 5. The molecule has 2 rings (SSSR count). The van der Waals surface area contributed by atoms with Crippen LogP contribution in [0.25, 0.3) is 0 Å². The van der Waals surface area contributed by atoms with Gasteiger partial charge in [-0.25, -0.2) is 9.59 Å². The summed E-state index contributed by atoms with van der Waals surface area (Å²) in [5, 5.41) is 2.54. The Morgan fingerprint density at radius 3 is 2.25 bits per heavy atom. The molecule has 1 amide bonds. The number of halogens is 1. The summed E-state index contributed by atoms with van der Waals surface area (Å²) in [6.45, 7) is 4.85. The number of nitrogens with one attached hydrogen (secondary N) is 1. The molecule has 1 aromatic rings. The lowest BCUT2D eigenvalue weighted by molar-refractivity contribution is -0.146. The molecule has 1 fully saturated rings. The van der Waals surface area contributed by atoms with E-state index in [-0.39, 0.29) is 12.4 Å². The van der Waals surface area contributed by atoms with Crippen LogP contribution in [-0.2, 0) is 14.3 Å². The molecule has 6 nitrogen and oxygen atoms in total. The van der Waals surface area contributed by atoms with E-state index < -0.39 is 23.2 Å². The van der Waals surface area contributed by atoms with Crippen LogP contribution in [0.15, 0.2) is 28.7 Å². The highest BCUT2D eigenvalue weighted by Gasteiger charge is 2.53. The number of benzene rings is 1. The summed E-state index contributed by atoms with van der Waals surface area (Å²) in [6.07, 6.45) is 0.269. The molecule has 0 atom stereocenters. The van der Waals surface area contributed by atoms with Crippen LogP contribution >= 0.6 is 15.9 Å². The molecule has 0 radical (unpaired) electrons. The zero-order chi connectivity index (χ0) is 18.0. The van der Waals surface area contributed by atoms with Gasteiger partial charge in [0.1, 0.15) is 11.1 Å². The van der Waals surface area contributed by atoms with Crippen LogP contribution in [0.4, 0.5) is 4.79 Å². The lowest BCUT2D eigenvalue weighted by Gasteiger charge is -2.22. The predicted molar refractivity (Wildman–Crippen MR) is 90.8 cm³/mol. The van der Waals surface area contributed by atoms with Crippen LogP contribution in [0.5, 0.6) is 0 Å². The molecule has 1 N–H and O–H groups in total. The van der Waals surface area contributed by atoms with Crippen LogP contribution in [0.2, 0.25) is 0 Å². The fourth-order valence-corrected chi connectivity index (χ4v) is 2.26. The number of rotatable bonds is 5. The standard InChI is InChI=1S/C17H20BrNO5/c1-16(2,3)24-15(22)19-17(8-9-17)14(21)23-10-13(20)11-4-6-12(18)7-5-11/h4-7H,8-10H2,1-3H3,(H,19,22). The molecule has 0 unspecified atom stereocenters. The average molecular weight is 398 g/mol. The molecule has 7 heteroatoms. The topological polar surface area (TPSA) is 81.7 Å². The van der Waals surface area contributed by atoms with Gasteiger partial charge >= 0.3 is 12.1 Å². The van der Waals surface area contributed by atoms with Crippen LogP contribution in [0.3, 0.4) is 0 Å². The minimum atomic E-state index is -1.07. The van der Waals surface area contributed by atoms with Crippen molar-refractivity contribution in [3.8, 4) is 0 Å². The predicted octanol–water partition coefficient (Wildman–Crippen LogP) is 3.23. The fourth-order valence-electron chi connectivity index (χ4n) is 1.99. The van der Waals surface area contributed by atoms with Gasteiger partial charge in [-0.1, -0.05) is 28.1 Å². The summed E-state index contributed by atoms with van der Waals surface area (Å²) in [5.74, 6) is -0.914. The van der Waals surface area contributed by atoms with Gasteiger partial charge in [-0.15, -0.1) is 0 Å². The van der Waals surface area contributed by atoms with Gasteiger partial charge in [-0.05, 0) is 45.7 Å². The maximum atomic E-state index is 12.2. The van der Waals surface area contributed by atoms with Crippen molar-refractivity contribution in [2.75, 3.05) is 6.61 Å². The number of Topliss-reactive ketones (excluding diaryl/α,β-unsaturated/α-hetero) is 1. The number of carbonyl (C=O) groups is 3. The summed E-state index contributed by atoms with van der Waals surface area (Å²) in [7, 11) is 0. The minimum absolute atomic E-state index is 0.302. The summed E-state index contributed by atoms with van der Waals surface area (Å²) in [6, 6.07) is 6.77. The van der Waals surface area contributed by atoms with Crippen molar-refractivity contribution in [3.63, 3.8) is 0 Å². The van der Waals surface area contributed by atoms with E-state index in [9.17, 15) is 14.4 Å². The molecular weight excluding hydrogens is 378 g/mol. The number of ether oxygens (including phenoxy) is 2. The molecule has 1 aliphatic carbocycles. The highest BCUT2D eigenvalue weighted by Crippen LogP contribution is 2.37. The number of carbonyl (C=O) groups excluding carboxylic acids is 3. The van der Waals surface area contributed by atoms with E-state index in [0.29, 0.717) is 18.4 Å². The zero-order valence-electron chi connectivity index (χ0n) is 13.8. The van der Waals surface area contributed by atoms with E-state index in [0.717, 1.165) is 4.47 Å². The molecule has 24 heavy (non-hydrogen) atoms. The van der Waals surface area contributed by atoms with Gasteiger partial charge in [0.15, 0.2) is 12.4 Å². The van der Waals surface area contributed by atoms with Crippen molar-refractivity contribution in [1.29, 1.82) is 0 Å². The quantitative estimate of drug-likeness (QED) is 0.609. The molecule has 0 spiro atoms. The van der Waals surface area contributed by atoms with E-state index in [4.69, 9.17) is 9.47 Å². The van der Waals surface area contributed by atoms with Crippen LogP contribution < -0.4 is 5.32 Å². The molecule has 1 aliphatic rings. The summed E-state index contributed by atoms with van der Waals surface area (Å²) in [4.78, 5) is 36.0. The minimum Gasteiger partial charge on any atom is -0.456 e. The van der Waals surface area contributed by atoms with Gasteiger partial charge < -0.3 is 14.8 Å². The monoisotopic (exact) mass is 397 g/mol. The molecule has 0 aromatic heterocycles. The Morgan fingerprint density at radius 2 is 1.75 bits per heavy atom. The molecule has 0 aliphatic heterocycles. The Labute approximate surface area is 149 Å². The molecule has 130 valence electrons. The van der Waals surface area contributed by atoms with Crippen molar-refractivity contribution < 1.29 is 23.9 Å². The Balaban J connectivity index is 1.86. The van der Waals surface area contributed by atoms with Gasteiger partial charge in [-0.3, -0.25) is 4.79 Å². The second-order valence-corrected chi connectivity index (χ2v) is 7.63. The number of esters is 1. The first kappa shape index (κ1) is 18.4. The number of amides is 1. The highest BCUT2D eigenvalue weighted by atomic mass is 79.9. The number of ketones is 1. The molecule has 0 heterocycles. The van der Waals surface area contributed by atoms with E-state index in [1.807, 2.05) is 0 Å². The van der Waals surface area contributed by atoms with Crippen molar-refractivity contribution in [3.05, 3.63) is 34.3 Å². The van der Waals surface area contributed by atoms with Crippen molar-refractivity contribution in [2.24, 2.45) is 0 Å². The van der Waals surface area contributed by atoms with Gasteiger partial charge in [-0.2, -0.15) is 0 Å². The Bertz CT molecular complexity index is 644. The first-order valence-electron chi connectivity index (χ1n) is 7.58. The summed E-state index contributed by atoms with van der Waals surface area (Å²) < 4.78 is 11.1. The zero-order valence-corrected chi connectivity index (χ0v) is 15.4. The lowest BCUT2D eigenvalue weighted by Crippen LogP contribution is -2.46. The lowest BCUT2D eigenvalue weighted by atomic mass is 10.1. The average Bonchev–Trinajstić information content (AvgIpc) is 3.23. The van der Waals surface area contributed by atoms with Gasteiger partial charge in [0.05, 0.1) is 0 Å². The van der Waals surface area contributed by atoms with Crippen LogP contribution in [0, 0.1) is 0 Å². The van der Waals surface area contributed by atoms with E-state index in [2.05, 4.69) is 21.2 Å². The van der Waals surface area contributed by atoms with Crippen LogP contribution in [-0.4, -0.2) is 35.6 Å². The summed E-state index contributed by atoms with van der Waals surface area (Å²) in [5.41, 5.74) is -1.26. The molecule has 1 saturated carbocycles. The number of alkyl carbamates (subject to hydrolysis) is 1.